The topological polar surface area (TPSA) is 49.0 Å². The molecule has 0 atom stereocenters. The zero-order chi connectivity index (χ0) is 17.6. The number of hydrogen-bond donors (Lipinski definition) is 1. The molecule has 1 aliphatic heterocycles. The highest BCUT2D eigenvalue weighted by Gasteiger charge is 2.26. The highest BCUT2D eigenvalue weighted by molar-refractivity contribution is 6.30. The summed E-state index contributed by atoms with van der Waals surface area (Å²) in [6.45, 7) is 1.05. The van der Waals surface area contributed by atoms with E-state index in [0.29, 0.717) is 42.5 Å². The summed E-state index contributed by atoms with van der Waals surface area (Å²) in [5, 5.41) is -0.0879. The molecular formula is C18H18ClF2N3O. The van der Waals surface area contributed by atoms with Gasteiger partial charge in [-0.15, -0.1) is 0 Å². The van der Waals surface area contributed by atoms with E-state index >= 15 is 0 Å². The maximum atomic E-state index is 14.1. The zero-order valence-corrected chi connectivity index (χ0v) is 14.4. The minimum Gasteiger partial charge on any atom is -0.310 e. The number of aromatic nitrogens is 2. The van der Waals surface area contributed by atoms with Crippen LogP contribution < -0.4 is 5.56 Å². The third kappa shape index (κ3) is 3.46. The van der Waals surface area contributed by atoms with Gasteiger partial charge in [-0.2, -0.15) is 0 Å². The fourth-order valence-electron chi connectivity index (χ4n) is 3.31. The number of H-pyrrole nitrogens is 1. The van der Waals surface area contributed by atoms with Crippen LogP contribution in [0.2, 0.25) is 5.02 Å². The number of rotatable bonds is 4. The lowest BCUT2D eigenvalue weighted by atomic mass is 10.0. The van der Waals surface area contributed by atoms with Crippen LogP contribution in [0.3, 0.4) is 0 Å². The predicted octanol–water partition coefficient (Wildman–Crippen LogP) is 3.21. The van der Waals surface area contributed by atoms with Gasteiger partial charge in [0.05, 0.1) is 10.7 Å². The molecule has 132 valence electrons. The maximum absolute atomic E-state index is 14.1. The average molecular weight is 366 g/mol. The van der Waals surface area contributed by atoms with E-state index < -0.39 is 11.6 Å². The van der Waals surface area contributed by atoms with Gasteiger partial charge in [0.1, 0.15) is 17.5 Å². The van der Waals surface area contributed by atoms with Crippen molar-refractivity contribution in [1.82, 2.24) is 14.9 Å². The van der Waals surface area contributed by atoms with Gasteiger partial charge < -0.3 is 4.98 Å². The second-order valence-corrected chi connectivity index (χ2v) is 7.27. The van der Waals surface area contributed by atoms with Gasteiger partial charge in [-0.1, -0.05) is 11.6 Å². The fourth-order valence-corrected chi connectivity index (χ4v) is 3.49. The molecule has 7 heteroatoms. The van der Waals surface area contributed by atoms with Crippen molar-refractivity contribution in [3.8, 4) is 0 Å². The van der Waals surface area contributed by atoms with Crippen LogP contribution in [0.1, 0.15) is 35.5 Å². The highest BCUT2D eigenvalue weighted by Crippen LogP contribution is 2.31. The quantitative estimate of drug-likeness (QED) is 0.846. The SMILES string of the molecule is O=c1[nH]c(CC2CC2)nc2c1CCN(Cc1c(F)ccc(Cl)c1F)C2. The van der Waals surface area contributed by atoms with E-state index in [0.717, 1.165) is 6.42 Å². The molecule has 1 N–H and O–H groups in total. The maximum Gasteiger partial charge on any atom is 0.254 e. The van der Waals surface area contributed by atoms with Gasteiger partial charge in [0.15, 0.2) is 0 Å². The van der Waals surface area contributed by atoms with Crippen LogP contribution in [-0.2, 0) is 25.9 Å². The highest BCUT2D eigenvalue weighted by atomic mass is 35.5. The van der Waals surface area contributed by atoms with E-state index in [4.69, 9.17) is 11.6 Å². The molecule has 0 saturated heterocycles. The first-order valence-electron chi connectivity index (χ1n) is 8.47. The Kier molecular flexibility index (Phi) is 4.33. The molecule has 25 heavy (non-hydrogen) atoms. The molecule has 4 nitrogen and oxygen atoms in total. The van der Waals surface area contributed by atoms with Gasteiger partial charge in [-0.05, 0) is 37.3 Å². The van der Waals surface area contributed by atoms with Gasteiger partial charge in [0.25, 0.3) is 5.56 Å². The summed E-state index contributed by atoms with van der Waals surface area (Å²) >= 11 is 5.76. The van der Waals surface area contributed by atoms with Crippen molar-refractivity contribution in [1.29, 1.82) is 0 Å². The summed E-state index contributed by atoms with van der Waals surface area (Å²) in [6.07, 6.45) is 3.67. The Labute approximate surface area is 148 Å². The van der Waals surface area contributed by atoms with E-state index in [1.54, 1.807) is 0 Å². The Morgan fingerprint density at radius 1 is 1.32 bits per heavy atom. The van der Waals surface area contributed by atoms with Gasteiger partial charge in [0, 0.05) is 37.2 Å². The predicted molar refractivity (Wildman–Crippen MR) is 90.5 cm³/mol. The van der Waals surface area contributed by atoms with Crippen molar-refractivity contribution in [2.24, 2.45) is 5.92 Å². The first kappa shape index (κ1) is 16.7. The lowest BCUT2D eigenvalue weighted by Crippen LogP contribution is -2.35. The molecule has 1 fully saturated rings. The van der Waals surface area contributed by atoms with Crippen molar-refractivity contribution in [3.63, 3.8) is 0 Å². The third-order valence-electron chi connectivity index (χ3n) is 4.90. The van der Waals surface area contributed by atoms with Crippen LogP contribution in [-0.4, -0.2) is 21.4 Å². The Hall–Kier alpha value is -1.79. The summed E-state index contributed by atoms with van der Waals surface area (Å²) in [5.74, 6) is 0.00510. The molecule has 2 aliphatic rings. The van der Waals surface area contributed by atoms with E-state index in [1.807, 2.05) is 4.90 Å². The molecule has 0 unspecified atom stereocenters. The van der Waals surface area contributed by atoms with E-state index in [-0.39, 0.29) is 22.7 Å². The molecule has 0 spiro atoms. The molecule has 1 aromatic carbocycles. The first-order valence-corrected chi connectivity index (χ1v) is 8.84. The standard InChI is InChI=1S/C18H18ClF2N3O/c19-13-3-4-14(20)12(17(13)21)8-24-6-5-11-15(9-24)22-16(23-18(11)25)7-10-1-2-10/h3-4,10H,1-2,5-9H2,(H,22,23,25). The largest absolute Gasteiger partial charge is 0.310 e. The molecular weight excluding hydrogens is 348 g/mol. The summed E-state index contributed by atoms with van der Waals surface area (Å²) in [4.78, 5) is 21.6. The average Bonchev–Trinajstić information content (AvgIpc) is 3.39. The van der Waals surface area contributed by atoms with Crippen LogP contribution in [0, 0.1) is 17.6 Å². The first-order chi connectivity index (χ1) is 12.0. The number of fused-ring (bicyclic) bond motifs is 1. The number of nitrogens with one attached hydrogen (secondary N) is 1. The smallest absolute Gasteiger partial charge is 0.254 e. The number of benzene rings is 1. The van der Waals surface area contributed by atoms with Crippen molar-refractivity contribution >= 4 is 11.6 Å². The van der Waals surface area contributed by atoms with Crippen LogP contribution in [0.25, 0.3) is 0 Å². The Balaban J connectivity index is 1.57. The lowest BCUT2D eigenvalue weighted by molar-refractivity contribution is 0.233. The molecule has 0 bridgehead atoms. The molecule has 0 amide bonds. The van der Waals surface area contributed by atoms with Gasteiger partial charge in [-0.3, -0.25) is 9.69 Å². The zero-order valence-electron chi connectivity index (χ0n) is 13.6. The Bertz CT molecular complexity index is 879. The minimum atomic E-state index is -0.722. The molecule has 0 radical (unpaired) electrons. The summed E-state index contributed by atoms with van der Waals surface area (Å²) in [6, 6.07) is 2.39. The summed E-state index contributed by atoms with van der Waals surface area (Å²) in [7, 11) is 0. The summed E-state index contributed by atoms with van der Waals surface area (Å²) in [5.41, 5.74) is 1.27. The molecule has 1 aromatic heterocycles. The molecule has 1 aliphatic carbocycles. The van der Waals surface area contributed by atoms with Crippen molar-refractivity contribution in [2.45, 2.75) is 38.8 Å². The molecule has 2 heterocycles. The number of hydrogen-bond acceptors (Lipinski definition) is 3. The van der Waals surface area contributed by atoms with Gasteiger partial charge >= 0.3 is 0 Å². The van der Waals surface area contributed by atoms with Crippen LogP contribution in [0.4, 0.5) is 8.78 Å². The van der Waals surface area contributed by atoms with Crippen LogP contribution in [0.5, 0.6) is 0 Å². The van der Waals surface area contributed by atoms with Gasteiger partial charge in [-0.25, -0.2) is 13.8 Å². The van der Waals surface area contributed by atoms with E-state index in [2.05, 4.69) is 9.97 Å². The van der Waals surface area contributed by atoms with Crippen molar-refractivity contribution < 1.29 is 8.78 Å². The second-order valence-electron chi connectivity index (χ2n) is 6.87. The minimum absolute atomic E-state index is 0.0426. The van der Waals surface area contributed by atoms with Crippen LogP contribution >= 0.6 is 11.6 Å². The molecule has 2 aromatic rings. The molecule has 4 rings (SSSR count). The molecule has 1 saturated carbocycles. The Morgan fingerprint density at radius 2 is 2.12 bits per heavy atom. The van der Waals surface area contributed by atoms with E-state index in [9.17, 15) is 13.6 Å². The number of halogens is 3. The number of aromatic amines is 1. The number of nitrogens with zero attached hydrogens (tertiary/aromatic N) is 2. The van der Waals surface area contributed by atoms with Gasteiger partial charge in [0.2, 0.25) is 0 Å². The second kappa shape index (κ2) is 6.50. The van der Waals surface area contributed by atoms with Crippen molar-refractivity contribution in [2.75, 3.05) is 6.54 Å². The fraction of sp³-hybridized carbons (Fsp3) is 0.444. The summed E-state index contributed by atoms with van der Waals surface area (Å²) < 4.78 is 28.1. The Morgan fingerprint density at radius 3 is 2.88 bits per heavy atom. The van der Waals surface area contributed by atoms with Crippen molar-refractivity contribution in [3.05, 3.63) is 61.8 Å². The monoisotopic (exact) mass is 365 g/mol. The third-order valence-corrected chi connectivity index (χ3v) is 5.19. The van der Waals surface area contributed by atoms with E-state index in [1.165, 1.54) is 25.0 Å². The normalized spacial score (nSPS) is 17.6. The van der Waals surface area contributed by atoms with Crippen LogP contribution in [0.15, 0.2) is 16.9 Å². The lowest BCUT2D eigenvalue weighted by Gasteiger charge is -2.28.